The predicted octanol–water partition coefficient (Wildman–Crippen LogP) is 3.73. The van der Waals surface area contributed by atoms with Crippen molar-refractivity contribution in [1.82, 2.24) is 4.72 Å². The molecule has 1 N–H and O–H groups in total. The summed E-state index contributed by atoms with van der Waals surface area (Å²) in [6.45, 7) is 5.80. The van der Waals surface area contributed by atoms with Crippen LogP contribution in [-0.2, 0) is 10.0 Å². The van der Waals surface area contributed by atoms with E-state index in [9.17, 15) is 8.42 Å². The first-order valence-electron chi connectivity index (χ1n) is 7.08. The van der Waals surface area contributed by atoms with Gasteiger partial charge in [-0.05, 0) is 37.5 Å². The van der Waals surface area contributed by atoms with E-state index in [4.69, 9.17) is 0 Å². The number of benzene rings is 2. The van der Waals surface area contributed by atoms with E-state index < -0.39 is 10.0 Å². The Morgan fingerprint density at radius 2 is 1.62 bits per heavy atom. The number of sulfonamides is 1. The highest BCUT2D eigenvalue weighted by Crippen LogP contribution is 2.22. The van der Waals surface area contributed by atoms with Gasteiger partial charge in [0.1, 0.15) is 0 Å². The Morgan fingerprint density at radius 1 is 1.00 bits per heavy atom. The van der Waals surface area contributed by atoms with Crippen molar-refractivity contribution in [3.05, 3.63) is 65.2 Å². The highest BCUT2D eigenvalue weighted by Gasteiger charge is 2.21. The van der Waals surface area contributed by atoms with Crippen LogP contribution in [0.1, 0.15) is 36.1 Å². The second-order valence-electron chi connectivity index (χ2n) is 5.26. The van der Waals surface area contributed by atoms with E-state index in [0.717, 1.165) is 16.7 Å². The van der Waals surface area contributed by atoms with Gasteiger partial charge in [0.2, 0.25) is 10.0 Å². The Kier molecular flexibility index (Phi) is 4.80. The molecule has 4 heteroatoms. The van der Waals surface area contributed by atoms with Gasteiger partial charge in [0.15, 0.2) is 0 Å². The van der Waals surface area contributed by atoms with Crippen molar-refractivity contribution in [2.75, 3.05) is 0 Å². The zero-order chi connectivity index (χ0) is 15.5. The second kappa shape index (κ2) is 6.41. The second-order valence-corrected chi connectivity index (χ2v) is 6.94. The molecule has 0 spiro atoms. The summed E-state index contributed by atoms with van der Waals surface area (Å²) in [7, 11) is -3.51. The molecule has 21 heavy (non-hydrogen) atoms. The van der Waals surface area contributed by atoms with E-state index in [2.05, 4.69) is 4.72 Å². The molecule has 112 valence electrons. The van der Waals surface area contributed by atoms with Crippen LogP contribution in [0.2, 0.25) is 0 Å². The Bertz CT molecular complexity index is 706. The minimum absolute atomic E-state index is 0.213. The van der Waals surface area contributed by atoms with Crippen LogP contribution in [0.3, 0.4) is 0 Å². The number of nitrogens with one attached hydrogen (secondary N) is 1. The molecular weight excluding hydrogens is 282 g/mol. The summed E-state index contributed by atoms with van der Waals surface area (Å²) in [5.41, 5.74) is 2.90. The molecule has 0 aromatic heterocycles. The third kappa shape index (κ3) is 3.71. The van der Waals surface area contributed by atoms with Gasteiger partial charge in [-0.1, -0.05) is 55.0 Å². The lowest BCUT2D eigenvalue weighted by atomic mass is 10.0. The largest absolute Gasteiger partial charge is 0.241 e. The van der Waals surface area contributed by atoms with Gasteiger partial charge in [0.25, 0.3) is 0 Å². The molecule has 0 aliphatic rings. The quantitative estimate of drug-likeness (QED) is 0.914. The molecule has 3 nitrogen and oxygen atoms in total. The molecule has 0 amide bonds. The number of aryl methyl sites for hydroxylation is 2. The van der Waals surface area contributed by atoms with E-state index >= 15 is 0 Å². The van der Waals surface area contributed by atoms with Crippen LogP contribution < -0.4 is 4.72 Å². The van der Waals surface area contributed by atoms with Crippen molar-refractivity contribution < 1.29 is 8.42 Å². The van der Waals surface area contributed by atoms with Gasteiger partial charge in [-0.15, -0.1) is 0 Å². The Balaban J connectivity index is 2.30. The lowest BCUT2D eigenvalue weighted by Crippen LogP contribution is -2.28. The number of hydrogen-bond donors (Lipinski definition) is 1. The third-order valence-electron chi connectivity index (χ3n) is 3.57. The molecule has 0 saturated carbocycles. The molecule has 0 radical (unpaired) electrons. The van der Waals surface area contributed by atoms with Crippen molar-refractivity contribution in [3.8, 4) is 0 Å². The Morgan fingerprint density at radius 3 is 2.19 bits per heavy atom. The molecule has 0 heterocycles. The summed E-state index contributed by atoms with van der Waals surface area (Å²) >= 11 is 0. The van der Waals surface area contributed by atoms with Crippen molar-refractivity contribution >= 4 is 10.0 Å². The molecule has 2 aromatic carbocycles. The van der Waals surface area contributed by atoms with Gasteiger partial charge in [0.05, 0.1) is 4.90 Å². The molecule has 0 aliphatic carbocycles. The highest BCUT2D eigenvalue weighted by atomic mass is 32.2. The van der Waals surface area contributed by atoms with Gasteiger partial charge in [-0.2, -0.15) is 0 Å². The molecular formula is C17H21NO2S. The van der Waals surface area contributed by atoms with Gasteiger partial charge in [-0.3, -0.25) is 0 Å². The zero-order valence-electron chi connectivity index (χ0n) is 12.6. The maximum absolute atomic E-state index is 12.6. The third-order valence-corrected chi connectivity index (χ3v) is 5.20. The molecule has 0 saturated heterocycles. The minimum Gasteiger partial charge on any atom is -0.207 e. The van der Waals surface area contributed by atoms with E-state index in [0.29, 0.717) is 11.3 Å². The summed E-state index contributed by atoms with van der Waals surface area (Å²) in [6, 6.07) is 14.8. The molecule has 2 aromatic rings. The first kappa shape index (κ1) is 15.7. The van der Waals surface area contributed by atoms with Crippen LogP contribution in [-0.4, -0.2) is 8.42 Å². The summed E-state index contributed by atoms with van der Waals surface area (Å²) < 4.78 is 27.9. The minimum atomic E-state index is -3.51. The first-order valence-corrected chi connectivity index (χ1v) is 8.57. The summed E-state index contributed by atoms with van der Waals surface area (Å²) in [6.07, 6.45) is 0.703. The molecule has 1 unspecified atom stereocenters. The number of rotatable bonds is 5. The van der Waals surface area contributed by atoms with Crippen molar-refractivity contribution in [1.29, 1.82) is 0 Å². The summed E-state index contributed by atoms with van der Waals surface area (Å²) in [5, 5.41) is 0. The van der Waals surface area contributed by atoms with Crippen molar-refractivity contribution in [2.24, 2.45) is 0 Å². The van der Waals surface area contributed by atoms with Gasteiger partial charge < -0.3 is 0 Å². The highest BCUT2D eigenvalue weighted by molar-refractivity contribution is 7.89. The number of hydrogen-bond acceptors (Lipinski definition) is 2. The van der Waals surface area contributed by atoms with Crippen LogP contribution in [0.15, 0.2) is 53.4 Å². The maximum Gasteiger partial charge on any atom is 0.241 e. The van der Waals surface area contributed by atoms with Crippen LogP contribution in [0.4, 0.5) is 0 Å². The molecule has 0 bridgehead atoms. The average molecular weight is 303 g/mol. The van der Waals surface area contributed by atoms with E-state index in [-0.39, 0.29) is 6.04 Å². The maximum atomic E-state index is 12.6. The van der Waals surface area contributed by atoms with Crippen LogP contribution in [0.25, 0.3) is 0 Å². The predicted molar refractivity (Wildman–Crippen MR) is 85.7 cm³/mol. The van der Waals surface area contributed by atoms with Gasteiger partial charge >= 0.3 is 0 Å². The van der Waals surface area contributed by atoms with E-state index in [1.54, 1.807) is 25.1 Å². The lowest BCUT2D eigenvalue weighted by molar-refractivity contribution is 0.549. The van der Waals surface area contributed by atoms with E-state index in [1.165, 1.54) is 0 Å². The fourth-order valence-electron chi connectivity index (χ4n) is 2.29. The fraction of sp³-hybridized carbons (Fsp3) is 0.294. The Hall–Kier alpha value is -1.65. The van der Waals surface area contributed by atoms with Crippen LogP contribution >= 0.6 is 0 Å². The lowest BCUT2D eigenvalue weighted by Gasteiger charge is -2.18. The normalized spacial score (nSPS) is 13.1. The van der Waals surface area contributed by atoms with Gasteiger partial charge in [-0.25, -0.2) is 13.1 Å². The SMILES string of the molecule is CCC(NS(=O)(=O)c1ccccc1C)c1ccc(C)cc1. The Labute approximate surface area is 127 Å². The van der Waals surface area contributed by atoms with Crippen LogP contribution in [0, 0.1) is 13.8 Å². The zero-order valence-corrected chi connectivity index (χ0v) is 13.4. The topological polar surface area (TPSA) is 46.2 Å². The average Bonchev–Trinajstić information content (AvgIpc) is 2.46. The van der Waals surface area contributed by atoms with Gasteiger partial charge in [0, 0.05) is 6.04 Å². The van der Waals surface area contributed by atoms with E-state index in [1.807, 2.05) is 44.2 Å². The summed E-state index contributed by atoms with van der Waals surface area (Å²) in [4.78, 5) is 0.343. The fourth-order valence-corrected chi connectivity index (χ4v) is 3.85. The molecule has 1 atom stereocenters. The van der Waals surface area contributed by atoms with Crippen molar-refractivity contribution in [2.45, 2.75) is 38.1 Å². The smallest absolute Gasteiger partial charge is 0.207 e. The van der Waals surface area contributed by atoms with Crippen LogP contribution in [0.5, 0.6) is 0 Å². The standard InChI is InChI=1S/C17H21NO2S/c1-4-16(15-11-9-13(2)10-12-15)18-21(19,20)17-8-6-5-7-14(17)3/h5-12,16,18H,4H2,1-3H3. The monoisotopic (exact) mass is 303 g/mol. The molecule has 0 fully saturated rings. The first-order chi connectivity index (χ1) is 9.94. The molecule has 0 aliphatic heterocycles. The summed E-state index contributed by atoms with van der Waals surface area (Å²) in [5.74, 6) is 0. The molecule has 2 rings (SSSR count). The van der Waals surface area contributed by atoms with Crippen molar-refractivity contribution in [3.63, 3.8) is 0 Å².